The maximum Gasteiger partial charge on any atom is 0.298 e. The van der Waals surface area contributed by atoms with Crippen molar-refractivity contribution >= 4 is 43.4 Å². The highest BCUT2D eigenvalue weighted by molar-refractivity contribution is 7.87. The lowest BCUT2D eigenvalue weighted by atomic mass is 10.0. The summed E-state index contributed by atoms with van der Waals surface area (Å²) in [6.45, 7) is 4.71. The van der Waals surface area contributed by atoms with Crippen molar-refractivity contribution in [2.24, 2.45) is 0 Å². The first kappa shape index (κ1) is 57.0. The minimum absolute atomic E-state index is 0.0426. The highest BCUT2D eigenvalue weighted by atomic mass is 35.5. The quantitative estimate of drug-likeness (QED) is 0.0486. The van der Waals surface area contributed by atoms with E-state index in [2.05, 4.69) is 13.8 Å². The van der Waals surface area contributed by atoms with Gasteiger partial charge in [-0.1, -0.05) is 267 Å². The Hall–Kier alpha value is -1.16. The van der Waals surface area contributed by atoms with Gasteiger partial charge in [-0.05, 0) is 48.2 Å². The van der Waals surface area contributed by atoms with Crippen molar-refractivity contribution in [3.8, 4) is 11.1 Å². The second-order valence-electron chi connectivity index (χ2n) is 17.9. The van der Waals surface area contributed by atoms with Crippen LogP contribution in [0.1, 0.15) is 245 Å². The Balaban J connectivity index is 1.62. The van der Waals surface area contributed by atoms with Crippen LogP contribution in [-0.2, 0) is 28.6 Å². The molecule has 0 aliphatic heterocycles. The van der Waals surface area contributed by atoms with Crippen molar-refractivity contribution < 1.29 is 25.2 Å². The van der Waals surface area contributed by atoms with Gasteiger partial charge in [0.25, 0.3) is 20.2 Å². The number of hydrogen-bond donors (Lipinski definition) is 0. The van der Waals surface area contributed by atoms with Crippen LogP contribution in [0, 0.1) is 0 Å². The van der Waals surface area contributed by atoms with E-state index in [0.717, 1.165) is 38.5 Å². The Kier molecular flexibility index (Phi) is 34.0. The Morgan fingerprint density at radius 2 is 0.548 bits per heavy atom. The van der Waals surface area contributed by atoms with Gasteiger partial charge in [-0.3, -0.25) is 8.37 Å². The van der Waals surface area contributed by atoms with E-state index in [1.807, 2.05) is 0 Å². The van der Waals surface area contributed by atoms with Crippen LogP contribution in [-0.4, -0.2) is 30.0 Å². The summed E-state index contributed by atoms with van der Waals surface area (Å²) >= 11 is 12.7. The zero-order chi connectivity index (χ0) is 45.0. The van der Waals surface area contributed by atoms with Gasteiger partial charge in [0.15, 0.2) is 0 Å². The fraction of sp³-hybridized carbons (Fsp3) is 0.769. The third-order valence-electron chi connectivity index (χ3n) is 12.2. The molecule has 0 N–H and O–H groups in total. The van der Waals surface area contributed by atoms with Crippen LogP contribution in [0.4, 0.5) is 0 Å². The minimum Gasteiger partial charge on any atom is -0.266 e. The van der Waals surface area contributed by atoms with E-state index in [-0.39, 0.29) is 33.0 Å². The summed E-state index contributed by atoms with van der Waals surface area (Å²) in [6, 6.07) is 9.12. The van der Waals surface area contributed by atoms with E-state index < -0.39 is 20.2 Å². The van der Waals surface area contributed by atoms with Crippen LogP contribution < -0.4 is 0 Å². The zero-order valence-corrected chi connectivity index (χ0v) is 42.5. The Morgan fingerprint density at radius 1 is 0.339 bits per heavy atom. The summed E-state index contributed by atoms with van der Waals surface area (Å²) < 4.78 is 63.6. The molecule has 6 nitrogen and oxygen atoms in total. The van der Waals surface area contributed by atoms with Crippen LogP contribution in [0.25, 0.3) is 11.1 Å². The second kappa shape index (κ2) is 37.0. The summed E-state index contributed by atoms with van der Waals surface area (Å²) in [5.74, 6) is 0. The predicted octanol–water partition coefficient (Wildman–Crippen LogP) is 18.2. The van der Waals surface area contributed by atoms with Gasteiger partial charge in [0.2, 0.25) is 0 Å². The first-order chi connectivity index (χ1) is 30.1. The molecule has 0 amide bonds. The molecule has 2 aromatic rings. The second-order valence-corrected chi connectivity index (χ2v) is 21.8. The molecule has 0 heterocycles. The Labute approximate surface area is 392 Å². The Morgan fingerprint density at radius 3 is 0.774 bits per heavy atom. The van der Waals surface area contributed by atoms with E-state index >= 15 is 0 Å². The van der Waals surface area contributed by atoms with Gasteiger partial charge < -0.3 is 0 Å². The van der Waals surface area contributed by atoms with E-state index in [9.17, 15) is 16.8 Å². The van der Waals surface area contributed by atoms with Crippen molar-refractivity contribution in [2.75, 3.05) is 13.2 Å². The molecule has 10 heteroatoms. The number of hydrogen-bond acceptors (Lipinski definition) is 6. The molecule has 0 bridgehead atoms. The maximum absolute atomic E-state index is 13.2. The molecule has 0 fully saturated rings. The zero-order valence-electron chi connectivity index (χ0n) is 39.4. The first-order valence-electron chi connectivity index (χ1n) is 25.5. The molecule has 62 heavy (non-hydrogen) atoms. The molecule has 0 aliphatic rings. The highest BCUT2D eigenvalue weighted by Gasteiger charge is 2.23. The molecule has 0 saturated carbocycles. The third kappa shape index (κ3) is 27.3. The lowest BCUT2D eigenvalue weighted by molar-refractivity contribution is 0.305. The van der Waals surface area contributed by atoms with Crippen LogP contribution in [0.3, 0.4) is 0 Å². The predicted molar refractivity (Wildman–Crippen MR) is 266 cm³/mol. The number of benzene rings is 2. The number of rotatable bonds is 43. The van der Waals surface area contributed by atoms with Crippen molar-refractivity contribution in [3.05, 3.63) is 46.4 Å². The van der Waals surface area contributed by atoms with Gasteiger partial charge in [-0.15, -0.1) is 0 Å². The van der Waals surface area contributed by atoms with Gasteiger partial charge in [0.05, 0.1) is 23.3 Å². The maximum atomic E-state index is 13.2. The topological polar surface area (TPSA) is 86.7 Å². The highest BCUT2D eigenvalue weighted by Crippen LogP contribution is 2.33. The molecular formula is C52H88Cl2O6S2. The SMILES string of the molecule is CCCCCCCCCCCCCCCCCCCCOS(=O)(=O)c1cc(-c2ccc(Cl)c(S(=O)(=O)OCCCCCCCCCCCCCCCCCCCC)c2)ccc1Cl. The molecule has 0 saturated heterocycles. The van der Waals surface area contributed by atoms with Crippen molar-refractivity contribution in [1.29, 1.82) is 0 Å². The Bertz CT molecular complexity index is 1500. The lowest BCUT2D eigenvalue weighted by Gasteiger charge is -2.12. The normalized spacial score (nSPS) is 12.1. The molecule has 0 aromatic heterocycles. The smallest absolute Gasteiger partial charge is 0.266 e. The third-order valence-corrected chi connectivity index (χ3v) is 15.8. The minimum atomic E-state index is -4.13. The van der Waals surface area contributed by atoms with E-state index in [1.165, 1.54) is 204 Å². The van der Waals surface area contributed by atoms with Crippen molar-refractivity contribution in [3.63, 3.8) is 0 Å². The molecule has 0 aliphatic carbocycles. The van der Waals surface area contributed by atoms with E-state index in [1.54, 1.807) is 12.1 Å². The van der Waals surface area contributed by atoms with Crippen LogP contribution in [0.2, 0.25) is 10.0 Å². The van der Waals surface area contributed by atoms with Crippen LogP contribution in [0.15, 0.2) is 46.2 Å². The van der Waals surface area contributed by atoms with Gasteiger partial charge in [0.1, 0.15) is 9.79 Å². The molecule has 0 radical (unpaired) electrons. The van der Waals surface area contributed by atoms with Crippen LogP contribution >= 0.6 is 23.2 Å². The summed E-state index contributed by atoms with van der Waals surface area (Å²) in [4.78, 5) is -0.299. The summed E-state index contributed by atoms with van der Waals surface area (Å²) in [7, 11) is -8.26. The van der Waals surface area contributed by atoms with Gasteiger partial charge in [-0.25, -0.2) is 0 Å². The van der Waals surface area contributed by atoms with Gasteiger partial charge in [-0.2, -0.15) is 16.8 Å². The average Bonchev–Trinajstić information content (AvgIpc) is 3.25. The van der Waals surface area contributed by atoms with Crippen LogP contribution in [0.5, 0.6) is 0 Å². The molecule has 358 valence electrons. The standard InChI is InChI=1S/C52H88Cl2O6S2/c1-3-5-7-9-11-13-15-17-19-21-23-25-27-29-31-33-35-37-43-59-61(55,56)51-45-47(39-41-49(51)53)48-40-42-50(54)52(46-48)62(57,58)60-44-38-36-34-32-30-28-26-24-22-20-18-16-14-12-10-8-6-4-2/h39-42,45-46H,3-38,43-44H2,1-2H3. The summed E-state index contributed by atoms with van der Waals surface area (Å²) in [6.07, 6.45) is 45.4. The van der Waals surface area contributed by atoms with Crippen molar-refractivity contribution in [1.82, 2.24) is 0 Å². The van der Waals surface area contributed by atoms with Gasteiger partial charge >= 0.3 is 0 Å². The lowest BCUT2D eigenvalue weighted by Crippen LogP contribution is -2.09. The monoisotopic (exact) mass is 943 g/mol. The first-order valence-corrected chi connectivity index (χ1v) is 29.1. The largest absolute Gasteiger partial charge is 0.298 e. The number of halogens is 2. The van der Waals surface area contributed by atoms with Gasteiger partial charge in [0, 0.05) is 0 Å². The molecule has 2 aromatic carbocycles. The summed E-state index contributed by atoms with van der Waals surface area (Å²) in [5.41, 5.74) is 0.947. The fourth-order valence-corrected chi connectivity index (χ4v) is 11.1. The fourth-order valence-electron chi connectivity index (χ4n) is 8.22. The van der Waals surface area contributed by atoms with E-state index in [0.29, 0.717) is 24.0 Å². The molecule has 2 rings (SSSR count). The molecule has 0 unspecified atom stereocenters. The molecular weight excluding hydrogens is 856 g/mol. The molecule has 0 spiro atoms. The average molecular weight is 944 g/mol. The molecule has 0 atom stereocenters. The summed E-state index contributed by atoms with van der Waals surface area (Å²) in [5, 5.41) is 0.0853. The van der Waals surface area contributed by atoms with E-state index in [4.69, 9.17) is 31.6 Å². The van der Waals surface area contributed by atoms with Crippen molar-refractivity contribution in [2.45, 2.75) is 255 Å². The number of unbranched alkanes of at least 4 members (excludes halogenated alkanes) is 34.